The van der Waals surface area contributed by atoms with Crippen molar-refractivity contribution in [2.75, 3.05) is 13.1 Å². The zero-order valence-corrected chi connectivity index (χ0v) is 7.47. The molecular formula is C9H20N2. The third-order valence-corrected chi connectivity index (χ3v) is 2.11. The maximum Gasteiger partial charge on any atom is 0.0134 e. The lowest BCUT2D eigenvalue weighted by atomic mass is 9.98. The summed E-state index contributed by atoms with van der Waals surface area (Å²) in [5.41, 5.74) is 12.1. The highest BCUT2D eigenvalue weighted by Crippen LogP contribution is 2.12. The Balaban J connectivity index is 3.42. The standard InChI is InChI=1S/C9H20N2/c1-3-9(7-11)5-4-8(2)6-10/h9H,2-7,10-11H2,1H3/t9-/m0/s1. The molecule has 0 amide bonds. The first kappa shape index (κ1) is 10.7. The summed E-state index contributed by atoms with van der Waals surface area (Å²) in [6.45, 7) is 7.42. The molecule has 0 saturated carbocycles. The van der Waals surface area contributed by atoms with Crippen LogP contribution in [0.25, 0.3) is 0 Å². The van der Waals surface area contributed by atoms with Gasteiger partial charge in [0, 0.05) is 6.54 Å². The van der Waals surface area contributed by atoms with Gasteiger partial charge in [-0.3, -0.25) is 0 Å². The second-order valence-electron chi connectivity index (χ2n) is 3.00. The van der Waals surface area contributed by atoms with Gasteiger partial charge in [-0.25, -0.2) is 0 Å². The molecule has 1 atom stereocenters. The Bertz CT molecular complexity index is 106. The van der Waals surface area contributed by atoms with Crippen molar-refractivity contribution >= 4 is 0 Å². The van der Waals surface area contributed by atoms with Crippen LogP contribution in [0.15, 0.2) is 12.2 Å². The minimum absolute atomic E-state index is 0.612. The van der Waals surface area contributed by atoms with E-state index in [9.17, 15) is 0 Å². The predicted octanol–water partition coefficient (Wildman–Crippen LogP) is 1.27. The van der Waals surface area contributed by atoms with Gasteiger partial charge in [-0.1, -0.05) is 25.5 Å². The molecule has 0 bridgehead atoms. The first-order chi connectivity index (χ1) is 5.24. The van der Waals surface area contributed by atoms with Crippen molar-refractivity contribution in [3.05, 3.63) is 12.2 Å². The highest BCUT2D eigenvalue weighted by Gasteiger charge is 2.03. The van der Waals surface area contributed by atoms with Crippen molar-refractivity contribution in [2.45, 2.75) is 26.2 Å². The van der Waals surface area contributed by atoms with Gasteiger partial charge in [0.05, 0.1) is 0 Å². The molecule has 2 nitrogen and oxygen atoms in total. The molecule has 0 aromatic carbocycles. The lowest BCUT2D eigenvalue weighted by molar-refractivity contribution is 0.480. The molecule has 4 N–H and O–H groups in total. The fourth-order valence-electron chi connectivity index (χ4n) is 0.999. The van der Waals surface area contributed by atoms with Crippen LogP contribution in [0.2, 0.25) is 0 Å². The van der Waals surface area contributed by atoms with Gasteiger partial charge >= 0.3 is 0 Å². The quantitative estimate of drug-likeness (QED) is 0.569. The van der Waals surface area contributed by atoms with E-state index in [1.807, 2.05) is 0 Å². The molecule has 0 heterocycles. The van der Waals surface area contributed by atoms with E-state index < -0.39 is 0 Å². The molecule has 0 aromatic heterocycles. The molecule has 0 aliphatic carbocycles. The van der Waals surface area contributed by atoms with Crippen LogP contribution in [0.5, 0.6) is 0 Å². The largest absolute Gasteiger partial charge is 0.330 e. The molecule has 0 saturated heterocycles. The molecule has 0 aromatic rings. The summed E-state index contributed by atoms with van der Waals surface area (Å²) in [5.74, 6) is 0.651. The highest BCUT2D eigenvalue weighted by molar-refractivity contribution is 4.95. The van der Waals surface area contributed by atoms with Crippen molar-refractivity contribution in [3.8, 4) is 0 Å². The maximum absolute atomic E-state index is 5.55. The van der Waals surface area contributed by atoms with Gasteiger partial charge in [-0.2, -0.15) is 0 Å². The van der Waals surface area contributed by atoms with Crippen LogP contribution in [-0.4, -0.2) is 13.1 Å². The van der Waals surface area contributed by atoms with Crippen LogP contribution in [-0.2, 0) is 0 Å². The van der Waals surface area contributed by atoms with Crippen LogP contribution >= 0.6 is 0 Å². The molecule has 0 fully saturated rings. The Morgan fingerprint density at radius 2 is 2.09 bits per heavy atom. The zero-order valence-electron chi connectivity index (χ0n) is 7.47. The van der Waals surface area contributed by atoms with E-state index in [1.54, 1.807) is 0 Å². The molecule has 0 unspecified atom stereocenters. The predicted molar refractivity (Wildman–Crippen MR) is 50.3 cm³/mol. The Morgan fingerprint density at radius 3 is 2.45 bits per heavy atom. The van der Waals surface area contributed by atoms with Crippen molar-refractivity contribution in [1.82, 2.24) is 0 Å². The van der Waals surface area contributed by atoms with Crippen LogP contribution in [0.1, 0.15) is 26.2 Å². The zero-order chi connectivity index (χ0) is 8.69. The third-order valence-electron chi connectivity index (χ3n) is 2.11. The molecule has 0 spiro atoms. The number of nitrogens with two attached hydrogens (primary N) is 2. The van der Waals surface area contributed by atoms with Gasteiger partial charge in [-0.15, -0.1) is 0 Å². The fraction of sp³-hybridized carbons (Fsp3) is 0.778. The lowest BCUT2D eigenvalue weighted by Crippen LogP contribution is -2.14. The van der Waals surface area contributed by atoms with Gasteiger partial charge < -0.3 is 11.5 Å². The summed E-state index contributed by atoms with van der Waals surface area (Å²) in [7, 11) is 0. The summed E-state index contributed by atoms with van der Waals surface area (Å²) >= 11 is 0. The van der Waals surface area contributed by atoms with Crippen LogP contribution in [0.3, 0.4) is 0 Å². The average Bonchev–Trinajstić information content (AvgIpc) is 2.06. The second-order valence-corrected chi connectivity index (χ2v) is 3.00. The van der Waals surface area contributed by atoms with Crippen molar-refractivity contribution in [3.63, 3.8) is 0 Å². The fourth-order valence-corrected chi connectivity index (χ4v) is 0.999. The van der Waals surface area contributed by atoms with E-state index in [-0.39, 0.29) is 0 Å². The summed E-state index contributed by atoms with van der Waals surface area (Å²) in [5, 5.41) is 0. The van der Waals surface area contributed by atoms with E-state index in [1.165, 1.54) is 0 Å². The molecule has 0 rings (SSSR count). The molecule has 66 valence electrons. The van der Waals surface area contributed by atoms with Gasteiger partial charge in [0.1, 0.15) is 0 Å². The Morgan fingerprint density at radius 1 is 1.45 bits per heavy atom. The van der Waals surface area contributed by atoms with E-state index in [0.29, 0.717) is 12.5 Å². The van der Waals surface area contributed by atoms with Crippen LogP contribution < -0.4 is 11.5 Å². The SMILES string of the molecule is C=C(CN)CC[C@H](CC)CN. The van der Waals surface area contributed by atoms with Gasteiger partial charge in [0.25, 0.3) is 0 Å². The molecule has 0 aliphatic rings. The molecule has 0 aliphatic heterocycles. The van der Waals surface area contributed by atoms with Crippen molar-refractivity contribution in [1.29, 1.82) is 0 Å². The van der Waals surface area contributed by atoms with Gasteiger partial charge in [-0.05, 0) is 25.3 Å². The topological polar surface area (TPSA) is 52.0 Å². The third kappa shape index (κ3) is 4.99. The summed E-state index contributed by atoms with van der Waals surface area (Å²) in [4.78, 5) is 0. The van der Waals surface area contributed by atoms with Crippen molar-refractivity contribution < 1.29 is 0 Å². The summed E-state index contributed by atoms with van der Waals surface area (Å²) in [6, 6.07) is 0. The average molecular weight is 156 g/mol. The molecule has 11 heavy (non-hydrogen) atoms. The van der Waals surface area contributed by atoms with E-state index in [2.05, 4.69) is 13.5 Å². The number of rotatable bonds is 6. The maximum atomic E-state index is 5.55. The highest BCUT2D eigenvalue weighted by atomic mass is 14.5. The number of hydrogen-bond acceptors (Lipinski definition) is 2. The molecule has 2 heteroatoms. The monoisotopic (exact) mass is 156 g/mol. The molecule has 0 radical (unpaired) electrons. The summed E-state index contributed by atoms with van der Waals surface area (Å²) < 4.78 is 0. The minimum Gasteiger partial charge on any atom is -0.330 e. The minimum atomic E-state index is 0.612. The van der Waals surface area contributed by atoms with Gasteiger partial charge in [0.2, 0.25) is 0 Å². The van der Waals surface area contributed by atoms with E-state index in [4.69, 9.17) is 11.5 Å². The Kier molecular flexibility index (Phi) is 6.18. The second kappa shape index (κ2) is 6.38. The summed E-state index contributed by atoms with van der Waals surface area (Å²) in [6.07, 6.45) is 3.34. The number of hydrogen-bond donors (Lipinski definition) is 2. The van der Waals surface area contributed by atoms with Crippen LogP contribution in [0.4, 0.5) is 0 Å². The normalized spacial score (nSPS) is 13.0. The Labute approximate surface area is 69.6 Å². The van der Waals surface area contributed by atoms with Crippen LogP contribution in [0, 0.1) is 5.92 Å². The van der Waals surface area contributed by atoms with E-state index >= 15 is 0 Å². The van der Waals surface area contributed by atoms with E-state index in [0.717, 1.165) is 31.4 Å². The lowest BCUT2D eigenvalue weighted by Gasteiger charge is -2.11. The first-order valence-electron chi connectivity index (χ1n) is 4.31. The Hall–Kier alpha value is -0.340. The van der Waals surface area contributed by atoms with Gasteiger partial charge in [0.15, 0.2) is 0 Å². The smallest absolute Gasteiger partial charge is 0.0134 e. The first-order valence-corrected chi connectivity index (χ1v) is 4.31. The molecular weight excluding hydrogens is 136 g/mol. The van der Waals surface area contributed by atoms with Crippen molar-refractivity contribution in [2.24, 2.45) is 17.4 Å².